The summed E-state index contributed by atoms with van der Waals surface area (Å²) in [4.78, 5) is 61.1. The van der Waals surface area contributed by atoms with Gasteiger partial charge in [0, 0.05) is 37.2 Å². The first kappa shape index (κ1) is 27.8. The molecule has 1 fully saturated rings. The summed E-state index contributed by atoms with van der Waals surface area (Å²) in [5.41, 5.74) is 6.41. The van der Waals surface area contributed by atoms with E-state index in [4.69, 9.17) is 5.11 Å². The minimum absolute atomic E-state index is 0.148. The number of primary amides is 1. The zero-order chi connectivity index (χ0) is 26.7. The van der Waals surface area contributed by atoms with E-state index in [-0.39, 0.29) is 43.1 Å². The van der Waals surface area contributed by atoms with E-state index in [0.717, 1.165) is 11.6 Å². The molecule has 1 aliphatic rings. The summed E-state index contributed by atoms with van der Waals surface area (Å²) in [6.07, 6.45) is 1.88. The van der Waals surface area contributed by atoms with Crippen LogP contribution in [0.3, 0.4) is 0 Å². The number of amides is 4. The van der Waals surface area contributed by atoms with Crippen LogP contribution in [-0.4, -0.2) is 70.2 Å². The van der Waals surface area contributed by atoms with Gasteiger partial charge in [0.05, 0.1) is 0 Å². The highest BCUT2D eigenvalue weighted by atomic mass is 16.4. The van der Waals surface area contributed by atoms with Gasteiger partial charge in [0.2, 0.25) is 17.7 Å². The van der Waals surface area contributed by atoms with Crippen molar-refractivity contribution in [3.63, 3.8) is 0 Å². The van der Waals surface area contributed by atoms with E-state index in [0.29, 0.717) is 17.7 Å². The van der Waals surface area contributed by atoms with Gasteiger partial charge in [0.1, 0.15) is 12.6 Å². The fourth-order valence-corrected chi connectivity index (χ4v) is 3.49. The van der Waals surface area contributed by atoms with Crippen LogP contribution in [0.25, 0.3) is 0 Å². The fraction of sp³-hybridized carbons (Fsp3) is 0.269. The predicted molar refractivity (Wildman–Crippen MR) is 134 cm³/mol. The van der Waals surface area contributed by atoms with Crippen molar-refractivity contribution >= 4 is 35.3 Å². The summed E-state index contributed by atoms with van der Waals surface area (Å²) in [7, 11) is 0. The number of carboxylic acids is 1. The van der Waals surface area contributed by atoms with Crippen LogP contribution in [-0.2, 0) is 25.6 Å². The first-order chi connectivity index (χ1) is 17.2. The maximum Gasteiger partial charge on any atom is 0.323 e. The molecular weight excluding hydrogens is 464 g/mol. The Kier molecular flexibility index (Phi) is 10.4. The van der Waals surface area contributed by atoms with Crippen LogP contribution in [0.2, 0.25) is 0 Å². The Hall–Kier alpha value is -4.47. The molecule has 0 saturated carbocycles. The zero-order valence-corrected chi connectivity index (χ0v) is 20.1. The van der Waals surface area contributed by atoms with Crippen LogP contribution in [0.4, 0.5) is 5.69 Å². The molecule has 0 spiro atoms. The number of carbonyl (C=O) groups is 5. The SMILES string of the molecule is C=CC(=O)Nc1ccc(C(=O)N2CCN(CC(=O)O)C(=O)C2Cc2ccccc2)cc1.CCC(N)=O. The van der Waals surface area contributed by atoms with Gasteiger partial charge in [0.15, 0.2) is 0 Å². The molecule has 4 amide bonds. The standard InChI is InChI=1S/C23H23N3O5.C3H7NO/c1-2-20(27)24-18-10-8-17(9-11-18)22(30)26-13-12-25(15-21(28)29)23(31)19(26)14-16-6-4-3-5-7-16;1-2-3(4)5/h2-11,19H,1,12-15H2,(H,24,27)(H,28,29);2H2,1H3,(H2,4,5). The Morgan fingerprint density at radius 3 is 2.22 bits per heavy atom. The highest BCUT2D eigenvalue weighted by molar-refractivity contribution is 6.01. The van der Waals surface area contributed by atoms with E-state index < -0.39 is 18.6 Å². The van der Waals surface area contributed by atoms with E-state index >= 15 is 0 Å². The van der Waals surface area contributed by atoms with Crippen LogP contribution in [0.1, 0.15) is 29.3 Å². The Morgan fingerprint density at radius 1 is 1.08 bits per heavy atom. The topological polar surface area (TPSA) is 150 Å². The lowest BCUT2D eigenvalue weighted by Gasteiger charge is -2.40. The molecule has 190 valence electrons. The summed E-state index contributed by atoms with van der Waals surface area (Å²) in [5, 5.41) is 11.7. The number of nitrogens with two attached hydrogens (primary N) is 1. The third-order valence-electron chi connectivity index (χ3n) is 5.38. The number of anilines is 1. The van der Waals surface area contributed by atoms with Gasteiger partial charge < -0.3 is 26.0 Å². The smallest absolute Gasteiger partial charge is 0.323 e. The third kappa shape index (κ3) is 8.08. The number of benzene rings is 2. The second kappa shape index (κ2) is 13.4. The van der Waals surface area contributed by atoms with Gasteiger partial charge in [0.25, 0.3) is 5.91 Å². The summed E-state index contributed by atoms with van der Waals surface area (Å²) in [5.74, 6) is -2.41. The molecule has 0 bridgehead atoms. The number of rotatable bonds is 8. The average Bonchev–Trinajstić information content (AvgIpc) is 2.87. The summed E-state index contributed by atoms with van der Waals surface area (Å²) < 4.78 is 0. The molecule has 36 heavy (non-hydrogen) atoms. The van der Waals surface area contributed by atoms with Crippen molar-refractivity contribution in [2.45, 2.75) is 25.8 Å². The number of hydrogen-bond donors (Lipinski definition) is 3. The molecule has 4 N–H and O–H groups in total. The van der Waals surface area contributed by atoms with E-state index in [9.17, 15) is 24.0 Å². The summed E-state index contributed by atoms with van der Waals surface area (Å²) >= 11 is 0. The van der Waals surface area contributed by atoms with Crippen molar-refractivity contribution in [2.75, 3.05) is 25.0 Å². The summed E-state index contributed by atoms with van der Waals surface area (Å²) in [6, 6.07) is 14.8. The predicted octanol–water partition coefficient (Wildman–Crippen LogP) is 1.67. The molecule has 1 atom stereocenters. The fourth-order valence-electron chi connectivity index (χ4n) is 3.49. The third-order valence-corrected chi connectivity index (χ3v) is 5.38. The van der Waals surface area contributed by atoms with Crippen LogP contribution in [0.5, 0.6) is 0 Å². The molecule has 3 rings (SSSR count). The number of hydrogen-bond acceptors (Lipinski definition) is 5. The maximum absolute atomic E-state index is 13.2. The highest BCUT2D eigenvalue weighted by Crippen LogP contribution is 2.20. The van der Waals surface area contributed by atoms with Gasteiger partial charge in [-0.1, -0.05) is 43.8 Å². The van der Waals surface area contributed by atoms with Gasteiger partial charge in [-0.15, -0.1) is 0 Å². The zero-order valence-electron chi connectivity index (χ0n) is 20.1. The second-order valence-electron chi connectivity index (χ2n) is 7.95. The molecule has 2 aromatic rings. The number of carbonyl (C=O) groups excluding carboxylic acids is 4. The Morgan fingerprint density at radius 2 is 1.69 bits per heavy atom. The van der Waals surface area contributed by atoms with Gasteiger partial charge in [-0.2, -0.15) is 0 Å². The van der Waals surface area contributed by atoms with Gasteiger partial charge in [-0.3, -0.25) is 24.0 Å². The molecule has 0 aromatic heterocycles. The lowest BCUT2D eigenvalue weighted by molar-refractivity contribution is -0.149. The molecule has 1 unspecified atom stereocenters. The average molecular weight is 495 g/mol. The van der Waals surface area contributed by atoms with Crippen molar-refractivity contribution in [1.82, 2.24) is 9.80 Å². The molecule has 1 saturated heterocycles. The number of nitrogens with zero attached hydrogens (tertiary/aromatic N) is 2. The molecule has 2 aromatic carbocycles. The molecule has 10 heteroatoms. The lowest BCUT2D eigenvalue weighted by Crippen LogP contribution is -2.60. The Balaban J connectivity index is 0.000000830. The van der Waals surface area contributed by atoms with Crippen LogP contribution >= 0.6 is 0 Å². The molecule has 1 heterocycles. The lowest BCUT2D eigenvalue weighted by atomic mass is 10.00. The van der Waals surface area contributed by atoms with Crippen molar-refractivity contribution in [2.24, 2.45) is 5.73 Å². The van der Waals surface area contributed by atoms with Gasteiger partial charge >= 0.3 is 5.97 Å². The number of nitrogens with one attached hydrogen (secondary N) is 1. The van der Waals surface area contributed by atoms with Gasteiger partial charge in [-0.25, -0.2) is 0 Å². The van der Waals surface area contributed by atoms with Gasteiger partial charge in [-0.05, 0) is 35.9 Å². The molecule has 10 nitrogen and oxygen atoms in total. The van der Waals surface area contributed by atoms with Crippen molar-refractivity contribution in [1.29, 1.82) is 0 Å². The largest absolute Gasteiger partial charge is 0.480 e. The van der Waals surface area contributed by atoms with E-state index in [1.807, 2.05) is 30.3 Å². The van der Waals surface area contributed by atoms with Crippen LogP contribution in [0, 0.1) is 0 Å². The van der Waals surface area contributed by atoms with Crippen molar-refractivity contribution in [3.8, 4) is 0 Å². The highest BCUT2D eigenvalue weighted by Gasteiger charge is 2.38. The van der Waals surface area contributed by atoms with Crippen LogP contribution in [0.15, 0.2) is 67.3 Å². The van der Waals surface area contributed by atoms with E-state index in [1.165, 1.54) is 9.80 Å². The second-order valence-corrected chi connectivity index (χ2v) is 7.95. The van der Waals surface area contributed by atoms with E-state index in [1.54, 1.807) is 31.2 Å². The molecule has 1 aliphatic heterocycles. The molecule has 0 aliphatic carbocycles. The first-order valence-electron chi connectivity index (χ1n) is 11.3. The maximum atomic E-state index is 13.2. The molecule has 0 radical (unpaired) electrons. The Bertz CT molecular complexity index is 1100. The number of piperazine rings is 1. The quantitative estimate of drug-likeness (QED) is 0.475. The van der Waals surface area contributed by atoms with Crippen molar-refractivity contribution < 1.29 is 29.1 Å². The normalized spacial score (nSPS) is 14.8. The van der Waals surface area contributed by atoms with Crippen molar-refractivity contribution in [3.05, 3.63) is 78.4 Å². The number of carboxylic acid groups (broad SMARTS) is 1. The van der Waals surface area contributed by atoms with Crippen LogP contribution < -0.4 is 11.1 Å². The van der Waals surface area contributed by atoms with E-state index in [2.05, 4.69) is 17.6 Å². The minimum atomic E-state index is -1.09. The molecular formula is C26H30N4O6. The monoisotopic (exact) mass is 494 g/mol. The first-order valence-corrected chi connectivity index (χ1v) is 11.3. The minimum Gasteiger partial charge on any atom is -0.480 e. The summed E-state index contributed by atoms with van der Waals surface area (Å²) in [6.45, 7) is 5.09. The number of aliphatic carboxylic acids is 1. The Labute approximate surface area is 209 Å².